The molecule has 128 valence electrons. The minimum absolute atomic E-state index is 0.345. The van der Waals surface area contributed by atoms with E-state index < -0.39 is 10.0 Å². The van der Waals surface area contributed by atoms with E-state index in [2.05, 4.69) is 52.0 Å². The monoisotopic (exact) mass is 408 g/mol. The standard InChI is InChI=1S/C18H21BrN2O2S/c1-15-5-4-6-16(13-15)14-20-9-11-21(12-10-20)24(22,23)18-8-3-2-7-17(18)19/h2-8,13H,9-12,14H2,1H3. The van der Waals surface area contributed by atoms with Crippen LogP contribution in [0.1, 0.15) is 11.1 Å². The Balaban J connectivity index is 1.66. The van der Waals surface area contributed by atoms with Gasteiger partial charge in [0.05, 0.1) is 4.90 Å². The van der Waals surface area contributed by atoms with E-state index in [4.69, 9.17) is 0 Å². The molecule has 0 bridgehead atoms. The number of benzene rings is 2. The van der Waals surface area contributed by atoms with E-state index in [1.807, 2.05) is 6.07 Å². The zero-order chi connectivity index (χ0) is 17.2. The normalized spacial score (nSPS) is 17.1. The maximum Gasteiger partial charge on any atom is 0.244 e. The number of rotatable bonds is 4. The predicted molar refractivity (Wildman–Crippen MR) is 99.4 cm³/mol. The van der Waals surface area contributed by atoms with Gasteiger partial charge < -0.3 is 0 Å². The second-order valence-corrected chi connectivity index (χ2v) is 8.86. The highest BCUT2D eigenvalue weighted by molar-refractivity contribution is 9.10. The number of aryl methyl sites for hydroxylation is 1. The molecule has 0 unspecified atom stereocenters. The summed E-state index contributed by atoms with van der Waals surface area (Å²) in [5, 5.41) is 0. The van der Waals surface area contributed by atoms with Gasteiger partial charge in [-0.15, -0.1) is 0 Å². The first kappa shape index (κ1) is 17.6. The van der Waals surface area contributed by atoms with Crippen molar-refractivity contribution < 1.29 is 8.42 Å². The van der Waals surface area contributed by atoms with Crippen molar-refractivity contribution in [2.75, 3.05) is 26.2 Å². The maximum absolute atomic E-state index is 12.8. The third kappa shape index (κ3) is 3.88. The Labute approximate surface area is 152 Å². The molecule has 0 saturated carbocycles. The molecule has 2 aromatic rings. The van der Waals surface area contributed by atoms with Gasteiger partial charge in [-0.25, -0.2) is 8.42 Å². The molecule has 1 fully saturated rings. The van der Waals surface area contributed by atoms with E-state index in [-0.39, 0.29) is 0 Å². The highest BCUT2D eigenvalue weighted by atomic mass is 79.9. The second kappa shape index (κ2) is 7.35. The number of sulfonamides is 1. The van der Waals surface area contributed by atoms with Gasteiger partial charge in [0.25, 0.3) is 0 Å². The molecule has 1 aliphatic heterocycles. The first-order valence-corrected chi connectivity index (χ1v) is 10.2. The molecule has 0 aromatic heterocycles. The minimum Gasteiger partial charge on any atom is -0.296 e. The molecule has 1 heterocycles. The van der Waals surface area contributed by atoms with Crippen LogP contribution in [0, 0.1) is 6.92 Å². The third-order valence-corrected chi connectivity index (χ3v) is 7.19. The van der Waals surface area contributed by atoms with Gasteiger partial charge in [0.15, 0.2) is 0 Å². The molecule has 0 atom stereocenters. The van der Waals surface area contributed by atoms with Gasteiger partial charge >= 0.3 is 0 Å². The maximum atomic E-state index is 12.8. The summed E-state index contributed by atoms with van der Waals surface area (Å²) < 4.78 is 27.8. The largest absolute Gasteiger partial charge is 0.296 e. The Morgan fingerprint density at radius 2 is 1.71 bits per heavy atom. The van der Waals surface area contributed by atoms with Crippen molar-refractivity contribution >= 4 is 26.0 Å². The smallest absolute Gasteiger partial charge is 0.244 e. The molecule has 6 heteroatoms. The van der Waals surface area contributed by atoms with Crippen LogP contribution >= 0.6 is 15.9 Å². The lowest BCUT2D eigenvalue weighted by molar-refractivity contribution is 0.181. The van der Waals surface area contributed by atoms with Crippen molar-refractivity contribution in [3.63, 3.8) is 0 Å². The highest BCUT2D eigenvalue weighted by Crippen LogP contribution is 2.25. The molecule has 2 aromatic carbocycles. The summed E-state index contributed by atoms with van der Waals surface area (Å²) in [4.78, 5) is 2.65. The van der Waals surface area contributed by atoms with Crippen LogP contribution in [-0.4, -0.2) is 43.8 Å². The molecule has 4 nitrogen and oxygen atoms in total. The van der Waals surface area contributed by atoms with E-state index in [1.165, 1.54) is 11.1 Å². The lowest BCUT2D eigenvalue weighted by Gasteiger charge is -2.34. The van der Waals surface area contributed by atoms with Crippen LogP contribution in [0.2, 0.25) is 0 Å². The fourth-order valence-corrected chi connectivity index (χ4v) is 5.38. The summed E-state index contributed by atoms with van der Waals surface area (Å²) in [6.45, 7) is 5.50. The Morgan fingerprint density at radius 1 is 1.00 bits per heavy atom. The summed E-state index contributed by atoms with van der Waals surface area (Å²) in [5.41, 5.74) is 2.53. The van der Waals surface area contributed by atoms with Crippen LogP contribution in [0.25, 0.3) is 0 Å². The van der Waals surface area contributed by atoms with Crippen molar-refractivity contribution in [3.8, 4) is 0 Å². The van der Waals surface area contributed by atoms with E-state index in [9.17, 15) is 8.42 Å². The van der Waals surface area contributed by atoms with Crippen molar-refractivity contribution in [3.05, 3.63) is 64.1 Å². The first-order valence-electron chi connectivity index (χ1n) is 7.99. The summed E-state index contributed by atoms with van der Waals surface area (Å²) in [7, 11) is -3.44. The molecular formula is C18H21BrN2O2S. The number of piperazine rings is 1. The van der Waals surface area contributed by atoms with Gasteiger partial charge in [-0.3, -0.25) is 4.90 Å². The Kier molecular flexibility index (Phi) is 5.39. The van der Waals surface area contributed by atoms with Crippen molar-refractivity contribution in [2.24, 2.45) is 0 Å². The van der Waals surface area contributed by atoms with Crippen molar-refractivity contribution in [1.82, 2.24) is 9.21 Å². The Morgan fingerprint density at radius 3 is 2.38 bits per heavy atom. The van der Waals surface area contributed by atoms with Crippen LogP contribution in [0.4, 0.5) is 0 Å². The summed E-state index contributed by atoms with van der Waals surface area (Å²) in [6, 6.07) is 15.5. The van der Waals surface area contributed by atoms with Gasteiger partial charge in [0.1, 0.15) is 0 Å². The second-order valence-electron chi connectivity index (χ2n) is 6.10. The molecule has 0 radical (unpaired) electrons. The lowest BCUT2D eigenvalue weighted by atomic mass is 10.1. The molecule has 0 aliphatic carbocycles. The van der Waals surface area contributed by atoms with Gasteiger partial charge in [-0.1, -0.05) is 42.0 Å². The Bertz CT molecular complexity index is 815. The number of halogens is 1. The number of hydrogen-bond acceptors (Lipinski definition) is 3. The molecule has 24 heavy (non-hydrogen) atoms. The van der Waals surface area contributed by atoms with Crippen LogP contribution < -0.4 is 0 Å². The Hall–Kier alpha value is -1.21. The first-order chi connectivity index (χ1) is 11.5. The fraction of sp³-hybridized carbons (Fsp3) is 0.333. The van der Waals surface area contributed by atoms with E-state index in [1.54, 1.807) is 22.5 Å². The van der Waals surface area contributed by atoms with Crippen LogP contribution in [0.3, 0.4) is 0 Å². The predicted octanol–water partition coefficient (Wildman–Crippen LogP) is 3.26. The van der Waals surface area contributed by atoms with Gasteiger partial charge in [-0.2, -0.15) is 4.31 Å². The topological polar surface area (TPSA) is 40.6 Å². The van der Waals surface area contributed by atoms with Gasteiger partial charge in [-0.05, 0) is 40.5 Å². The third-order valence-electron chi connectivity index (χ3n) is 4.27. The van der Waals surface area contributed by atoms with Crippen molar-refractivity contribution in [2.45, 2.75) is 18.4 Å². The highest BCUT2D eigenvalue weighted by Gasteiger charge is 2.29. The molecular weight excluding hydrogens is 388 g/mol. The van der Waals surface area contributed by atoms with Crippen LogP contribution in [0.15, 0.2) is 57.9 Å². The average Bonchev–Trinajstić information content (AvgIpc) is 2.55. The number of nitrogens with zero attached hydrogens (tertiary/aromatic N) is 2. The molecule has 0 spiro atoms. The summed E-state index contributed by atoms with van der Waals surface area (Å²) in [5.74, 6) is 0. The minimum atomic E-state index is -3.44. The van der Waals surface area contributed by atoms with E-state index in [0.29, 0.717) is 22.5 Å². The summed E-state index contributed by atoms with van der Waals surface area (Å²) in [6.07, 6.45) is 0. The van der Waals surface area contributed by atoms with E-state index in [0.717, 1.165) is 19.6 Å². The van der Waals surface area contributed by atoms with E-state index >= 15 is 0 Å². The van der Waals surface area contributed by atoms with Gasteiger partial charge in [0.2, 0.25) is 10.0 Å². The molecule has 0 amide bonds. The van der Waals surface area contributed by atoms with Crippen LogP contribution in [0.5, 0.6) is 0 Å². The molecule has 1 saturated heterocycles. The number of hydrogen-bond donors (Lipinski definition) is 0. The van der Waals surface area contributed by atoms with Crippen LogP contribution in [-0.2, 0) is 16.6 Å². The molecule has 3 rings (SSSR count). The molecule has 1 aliphatic rings. The SMILES string of the molecule is Cc1cccc(CN2CCN(S(=O)(=O)c3ccccc3Br)CC2)c1. The lowest BCUT2D eigenvalue weighted by Crippen LogP contribution is -2.48. The zero-order valence-corrected chi connectivity index (χ0v) is 16.1. The molecule has 0 N–H and O–H groups in total. The fourth-order valence-electron chi connectivity index (χ4n) is 2.99. The van der Waals surface area contributed by atoms with Gasteiger partial charge in [0, 0.05) is 37.2 Å². The quantitative estimate of drug-likeness (QED) is 0.779. The van der Waals surface area contributed by atoms with Crippen molar-refractivity contribution in [1.29, 1.82) is 0 Å². The summed E-state index contributed by atoms with van der Waals surface area (Å²) >= 11 is 3.35. The zero-order valence-electron chi connectivity index (χ0n) is 13.7. The average molecular weight is 409 g/mol.